The van der Waals surface area contributed by atoms with Crippen molar-refractivity contribution in [2.24, 2.45) is 10.9 Å². The molecule has 1 aromatic rings. The first-order valence-electron chi connectivity index (χ1n) is 10.7. The van der Waals surface area contributed by atoms with Crippen LogP contribution in [0.4, 0.5) is 0 Å². The first-order chi connectivity index (χ1) is 14.1. The van der Waals surface area contributed by atoms with E-state index in [1.54, 1.807) is 14.2 Å². The first-order valence-corrected chi connectivity index (χ1v) is 10.7. The van der Waals surface area contributed by atoms with Crippen LogP contribution in [0, 0.1) is 5.92 Å². The number of halogens is 1. The fourth-order valence-corrected chi connectivity index (χ4v) is 4.36. The smallest absolute Gasteiger partial charge is 0.193 e. The Labute approximate surface area is 198 Å². The van der Waals surface area contributed by atoms with Crippen LogP contribution in [0.15, 0.2) is 23.2 Å². The second-order valence-corrected chi connectivity index (χ2v) is 8.15. The summed E-state index contributed by atoms with van der Waals surface area (Å²) in [7, 11) is 7.47. The summed E-state index contributed by atoms with van der Waals surface area (Å²) >= 11 is 0. The minimum Gasteiger partial charge on any atom is -0.493 e. The lowest BCUT2D eigenvalue weighted by molar-refractivity contribution is 0.170. The van der Waals surface area contributed by atoms with E-state index in [0.717, 1.165) is 62.6 Å². The van der Waals surface area contributed by atoms with Gasteiger partial charge in [-0.1, -0.05) is 6.07 Å². The Morgan fingerprint density at radius 2 is 1.83 bits per heavy atom. The van der Waals surface area contributed by atoms with Crippen LogP contribution in [0.2, 0.25) is 0 Å². The second kappa shape index (κ2) is 12.6. The van der Waals surface area contributed by atoms with Crippen LogP contribution in [0.5, 0.6) is 11.5 Å². The summed E-state index contributed by atoms with van der Waals surface area (Å²) in [4.78, 5) is 11.8. The van der Waals surface area contributed by atoms with Crippen molar-refractivity contribution in [1.29, 1.82) is 0 Å². The van der Waals surface area contributed by atoms with E-state index >= 15 is 0 Å². The Morgan fingerprint density at radius 3 is 2.47 bits per heavy atom. The third-order valence-corrected chi connectivity index (χ3v) is 6.01. The highest BCUT2D eigenvalue weighted by molar-refractivity contribution is 14.0. The van der Waals surface area contributed by atoms with Gasteiger partial charge in [0.2, 0.25) is 0 Å². The molecule has 1 aromatic carbocycles. The molecule has 0 amide bonds. The van der Waals surface area contributed by atoms with Crippen molar-refractivity contribution in [1.82, 2.24) is 20.0 Å². The number of guanidine groups is 1. The number of nitrogens with one attached hydrogen (secondary N) is 1. The van der Waals surface area contributed by atoms with E-state index in [1.807, 2.05) is 13.1 Å². The van der Waals surface area contributed by atoms with Gasteiger partial charge in [-0.2, -0.15) is 0 Å². The average molecular weight is 531 g/mol. The quantitative estimate of drug-likeness (QED) is 0.346. The third-order valence-electron chi connectivity index (χ3n) is 6.01. The Bertz CT molecular complexity index is 679. The number of ether oxygens (including phenoxy) is 2. The summed E-state index contributed by atoms with van der Waals surface area (Å²) in [5.41, 5.74) is 1.25. The molecule has 8 heteroatoms. The molecule has 1 unspecified atom stereocenters. The standard InChI is InChI=1S/C22H37N5O2.HI/c1-23-22(24-15-19-6-5-9-25(2)16-19)27-12-10-26(11-13-27)17-18-7-8-20(28-3)21(14-18)29-4;/h7-8,14,19H,5-6,9-13,15-17H2,1-4H3,(H,23,24);1H. The van der Waals surface area contributed by atoms with Crippen molar-refractivity contribution in [3.63, 3.8) is 0 Å². The van der Waals surface area contributed by atoms with Crippen molar-refractivity contribution in [3.05, 3.63) is 23.8 Å². The predicted octanol–water partition coefficient (Wildman–Crippen LogP) is 2.36. The fourth-order valence-electron chi connectivity index (χ4n) is 4.36. The molecule has 3 rings (SSSR count). The SMILES string of the molecule is CN=C(NCC1CCCN(C)C1)N1CCN(Cc2ccc(OC)c(OC)c2)CC1.I. The normalized spacial score (nSPS) is 21.1. The summed E-state index contributed by atoms with van der Waals surface area (Å²) in [6.45, 7) is 8.41. The Balaban J connectivity index is 0.00000320. The fraction of sp³-hybridized carbons (Fsp3) is 0.682. The summed E-state index contributed by atoms with van der Waals surface area (Å²) in [6.07, 6.45) is 2.61. The number of aliphatic imine (C=N–C) groups is 1. The van der Waals surface area contributed by atoms with Crippen LogP contribution in [0.3, 0.4) is 0 Å². The molecule has 0 bridgehead atoms. The van der Waals surface area contributed by atoms with Crippen LogP contribution < -0.4 is 14.8 Å². The highest BCUT2D eigenvalue weighted by Crippen LogP contribution is 2.28. The molecule has 0 aliphatic carbocycles. The topological polar surface area (TPSA) is 52.6 Å². The number of hydrogen-bond acceptors (Lipinski definition) is 5. The molecule has 30 heavy (non-hydrogen) atoms. The third kappa shape index (κ3) is 6.88. The largest absolute Gasteiger partial charge is 0.493 e. The zero-order chi connectivity index (χ0) is 20.6. The Kier molecular flexibility index (Phi) is 10.5. The van der Waals surface area contributed by atoms with Crippen LogP contribution in [-0.4, -0.2) is 94.8 Å². The van der Waals surface area contributed by atoms with E-state index in [2.05, 4.69) is 44.2 Å². The highest BCUT2D eigenvalue weighted by Gasteiger charge is 2.22. The monoisotopic (exact) mass is 531 g/mol. The molecule has 0 spiro atoms. The van der Waals surface area contributed by atoms with E-state index in [9.17, 15) is 0 Å². The van der Waals surface area contributed by atoms with E-state index in [4.69, 9.17) is 9.47 Å². The average Bonchev–Trinajstić information content (AvgIpc) is 2.75. The van der Waals surface area contributed by atoms with Crippen LogP contribution in [0.1, 0.15) is 18.4 Å². The number of methoxy groups -OCH3 is 2. The molecule has 0 saturated carbocycles. The first kappa shape index (κ1) is 25.0. The molecule has 170 valence electrons. The number of piperazine rings is 1. The molecule has 2 fully saturated rings. The van der Waals surface area contributed by atoms with Gasteiger partial charge in [0.15, 0.2) is 17.5 Å². The highest BCUT2D eigenvalue weighted by atomic mass is 127. The van der Waals surface area contributed by atoms with Gasteiger partial charge in [-0.3, -0.25) is 9.89 Å². The molecule has 0 aromatic heterocycles. The van der Waals surface area contributed by atoms with Crippen LogP contribution >= 0.6 is 24.0 Å². The Hall–Kier alpha value is -1.26. The number of hydrogen-bond donors (Lipinski definition) is 1. The molecule has 0 radical (unpaired) electrons. The van der Waals surface area contributed by atoms with E-state index in [0.29, 0.717) is 0 Å². The van der Waals surface area contributed by atoms with Crippen LogP contribution in [-0.2, 0) is 6.54 Å². The number of piperidine rings is 1. The number of rotatable bonds is 6. The van der Waals surface area contributed by atoms with E-state index in [-0.39, 0.29) is 24.0 Å². The maximum Gasteiger partial charge on any atom is 0.193 e. The molecular weight excluding hydrogens is 493 g/mol. The molecular formula is C22H38IN5O2. The van der Waals surface area contributed by atoms with Crippen molar-refractivity contribution in [2.75, 3.05) is 74.1 Å². The molecule has 2 saturated heterocycles. The summed E-state index contributed by atoms with van der Waals surface area (Å²) in [5.74, 6) is 3.34. The van der Waals surface area contributed by atoms with Gasteiger partial charge in [-0.25, -0.2) is 0 Å². The van der Waals surface area contributed by atoms with Gasteiger partial charge in [0.05, 0.1) is 14.2 Å². The maximum absolute atomic E-state index is 5.43. The predicted molar refractivity (Wildman–Crippen MR) is 133 cm³/mol. The molecule has 2 heterocycles. The summed E-state index contributed by atoms with van der Waals surface area (Å²) < 4.78 is 10.8. The summed E-state index contributed by atoms with van der Waals surface area (Å²) in [5, 5.41) is 3.62. The van der Waals surface area contributed by atoms with Gasteiger partial charge in [0, 0.05) is 52.9 Å². The lowest BCUT2D eigenvalue weighted by atomic mass is 9.98. The zero-order valence-corrected chi connectivity index (χ0v) is 21.2. The number of nitrogens with zero attached hydrogens (tertiary/aromatic N) is 4. The molecule has 2 aliphatic heterocycles. The minimum atomic E-state index is 0. The molecule has 7 nitrogen and oxygen atoms in total. The van der Waals surface area contributed by atoms with Crippen LogP contribution in [0.25, 0.3) is 0 Å². The van der Waals surface area contributed by atoms with E-state index < -0.39 is 0 Å². The molecule has 1 atom stereocenters. The van der Waals surface area contributed by atoms with Gasteiger partial charge in [0.1, 0.15) is 0 Å². The van der Waals surface area contributed by atoms with Gasteiger partial charge in [-0.15, -0.1) is 24.0 Å². The van der Waals surface area contributed by atoms with Crippen molar-refractivity contribution >= 4 is 29.9 Å². The minimum absolute atomic E-state index is 0. The lowest BCUT2D eigenvalue weighted by Gasteiger charge is -2.37. The zero-order valence-electron chi connectivity index (χ0n) is 18.9. The molecule has 1 N–H and O–H groups in total. The van der Waals surface area contributed by atoms with Gasteiger partial charge in [0.25, 0.3) is 0 Å². The van der Waals surface area contributed by atoms with Gasteiger partial charge >= 0.3 is 0 Å². The lowest BCUT2D eigenvalue weighted by Crippen LogP contribution is -2.53. The Morgan fingerprint density at radius 1 is 1.10 bits per heavy atom. The summed E-state index contributed by atoms with van der Waals surface area (Å²) in [6, 6.07) is 6.18. The molecule has 2 aliphatic rings. The van der Waals surface area contributed by atoms with Gasteiger partial charge < -0.3 is 24.6 Å². The maximum atomic E-state index is 5.43. The van der Waals surface area contributed by atoms with Gasteiger partial charge in [-0.05, 0) is 50.0 Å². The van der Waals surface area contributed by atoms with Crippen molar-refractivity contribution < 1.29 is 9.47 Å². The van der Waals surface area contributed by atoms with Crippen molar-refractivity contribution in [2.45, 2.75) is 19.4 Å². The van der Waals surface area contributed by atoms with E-state index in [1.165, 1.54) is 31.5 Å². The number of benzene rings is 1. The number of likely N-dealkylation sites (tertiary alicyclic amines) is 1. The van der Waals surface area contributed by atoms with Crippen molar-refractivity contribution in [3.8, 4) is 11.5 Å². The second-order valence-electron chi connectivity index (χ2n) is 8.15.